The number of likely N-dealkylation sites (N-methyl/N-ethyl adjacent to an activating group) is 1. The third kappa shape index (κ3) is 6.07. The number of carboxylic acids is 1. The Bertz CT molecular complexity index is 544. The Labute approximate surface area is 123 Å². The Balaban J connectivity index is 2.81. The van der Waals surface area contributed by atoms with Crippen LogP contribution in [0.1, 0.15) is 18.9 Å². The van der Waals surface area contributed by atoms with E-state index in [9.17, 15) is 14.0 Å². The minimum Gasteiger partial charge on any atom is -0.478 e. The van der Waals surface area contributed by atoms with E-state index in [1.54, 1.807) is 18.0 Å². The Hall–Kier alpha value is -2.37. The molecule has 0 radical (unpaired) electrons. The van der Waals surface area contributed by atoms with Gasteiger partial charge in [0, 0.05) is 25.4 Å². The average Bonchev–Trinajstić information content (AvgIpc) is 2.42. The third-order valence-corrected chi connectivity index (χ3v) is 2.72. The van der Waals surface area contributed by atoms with Crippen LogP contribution < -0.4 is 10.2 Å². The van der Waals surface area contributed by atoms with Gasteiger partial charge in [0.1, 0.15) is 5.82 Å². The first-order valence-corrected chi connectivity index (χ1v) is 6.61. The maximum absolute atomic E-state index is 13.5. The fraction of sp³-hybridized carbons (Fsp3) is 0.333. The summed E-state index contributed by atoms with van der Waals surface area (Å²) in [4.78, 5) is 23.7. The van der Waals surface area contributed by atoms with Gasteiger partial charge in [0.05, 0.1) is 6.54 Å². The van der Waals surface area contributed by atoms with Gasteiger partial charge >= 0.3 is 5.97 Å². The van der Waals surface area contributed by atoms with Gasteiger partial charge in [-0.2, -0.15) is 0 Å². The number of anilines is 1. The molecule has 0 saturated heterocycles. The van der Waals surface area contributed by atoms with Gasteiger partial charge in [-0.1, -0.05) is 6.92 Å². The maximum atomic E-state index is 13.5. The molecule has 0 bridgehead atoms. The molecular weight excluding hydrogens is 275 g/mol. The number of carbonyl (C=O) groups excluding carboxylic acids is 1. The number of halogens is 1. The van der Waals surface area contributed by atoms with E-state index in [-0.39, 0.29) is 12.5 Å². The highest BCUT2D eigenvalue weighted by atomic mass is 19.1. The van der Waals surface area contributed by atoms with E-state index in [1.165, 1.54) is 18.2 Å². The number of rotatable bonds is 7. The highest BCUT2D eigenvalue weighted by Crippen LogP contribution is 2.18. The molecule has 1 amide bonds. The molecule has 0 unspecified atom stereocenters. The molecule has 0 heterocycles. The summed E-state index contributed by atoms with van der Waals surface area (Å²) in [7, 11) is 1.67. The van der Waals surface area contributed by atoms with Crippen molar-refractivity contribution < 1.29 is 19.1 Å². The van der Waals surface area contributed by atoms with Crippen molar-refractivity contribution in [2.24, 2.45) is 0 Å². The number of nitrogens with zero attached hydrogens (tertiary/aromatic N) is 1. The molecular formula is C15H19FN2O3. The van der Waals surface area contributed by atoms with Crippen LogP contribution in [-0.4, -0.2) is 37.1 Å². The zero-order valence-electron chi connectivity index (χ0n) is 12.1. The number of carboxylic acid groups (broad SMARTS) is 1. The summed E-state index contributed by atoms with van der Waals surface area (Å²) in [5, 5.41) is 11.3. The van der Waals surface area contributed by atoms with Crippen molar-refractivity contribution in [3.63, 3.8) is 0 Å². The van der Waals surface area contributed by atoms with Crippen molar-refractivity contribution in [2.45, 2.75) is 13.3 Å². The van der Waals surface area contributed by atoms with Crippen molar-refractivity contribution in [3.8, 4) is 0 Å². The monoisotopic (exact) mass is 294 g/mol. The summed E-state index contributed by atoms with van der Waals surface area (Å²) in [6.45, 7) is 2.66. The lowest BCUT2D eigenvalue weighted by Gasteiger charge is -2.19. The molecule has 5 nitrogen and oxygen atoms in total. The lowest BCUT2D eigenvalue weighted by atomic mass is 10.1. The van der Waals surface area contributed by atoms with Crippen LogP contribution in [0.3, 0.4) is 0 Å². The molecule has 0 atom stereocenters. The van der Waals surface area contributed by atoms with Gasteiger partial charge in [-0.15, -0.1) is 0 Å². The Morgan fingerprint density at radius 1 is 1.38 bits per heavy atom. The van der Waals surface area contributed by atoms with Gasteiger partial charge in [0.25, 0.3) is 0 Å². The average molecular weight is 294 g/mol. The summed E-state index contributed by atoms with van der Waals surface area (Å²) in [6, 6.07) is 4.15. The van der Waals surface area contributed by atoms with Crippen LogP contribution in [-0.2, 0) is 9.59 Å². The number of carbonyl (C=O) groups is 2. The number of hydrogen-bond acceptors (Lipinski definition) is 3. The predicted octanol–water partition coefficient (Wildman–Crippen LogP) is 1.89. The molecule has 0 aliphatic carbocycles. The fourth-order valence-corrected chi connectivity index (χ4v) is 1.71. The minimum atomic E-state index is -1.10. The number of amides is 1. The van der Waals surface area contributed by atoms with Crippen LogP contribution in [0.25, 0.3) is 6.08 Å². The van der Waals surface area contributed by atoms with E-state index in [1.807, 2.05) is 6.92 Å². The van der Waals surface area contributed by atoms with E-state index in [0.29, 0.717) is 17.8 Å². The van der Waals surface area contributed by atoms with Crippen LogP contribution in [0.4, 0.5) is 10.1 Å². The molecule has 0 aliphatic rings. The smallest absolute Gasteiger partial charge is 0.328 e. The second kappa shape index (κ2) is 8.04. The van der Waals surface area contributed by atoms with E-state index in [2.05, 4.69) is 5.32 Å². The summed E-state index contributed by atoms with van der Waals surface area (Å²) >= 11 is 0. The normalized spacial score (nSPS) is 10.6. The zero-order chi connectivity index (χ0) is 15.8. The van der Waals surface area contributed by atoms with Gasteiger partial charge in [-0.05, 0) is 36.3 Å². The topological polar surface area (TPSA) is 69.6 Å². The SMILES string of the molecule is CCCNC(=O)CN(C)c1cc(F)cc(/C=C/C(=O)O)c1. The zero-order valence-corrected chi connectivity index (χ0v) is 12.1. The third-order valence-electron chi connectivity index (χ3n) is 2.72. The molecule has 21 heavy (non-hydrogen) atoms. The quantitative estimate of drug-likeness (QED) is 0.753. The van der Waals surface area contributed by atoms with Crippen molar-refractivity contribution >= 4 is 23.6 Å². The highest BCUT2D eigenvalue weighted by molar-refractivity contribution is 5.85. The lowest BCUT2D eigenvalue weighted by Crippen LogP contribution is -2.35. The molecule has 0 spiro atoms. The predicted molar refractivity (Wildman–Crippen MR) is 79.6 cm³/mol. The van der Waals surface area contributed by atoms with E-state index < -0.39 is 11.8 Å². The first-order valence-electron chi connectivity index (χ1n) is 6.61. The molecule has 1 aromatic carbocycles. The molecule has 0 saturated carbocycles. The van der Waals surface area contributed by atoms with Crippen LogP contribution in [0.5, 0.6) is 0 Å². The molecule has 1 aromatic rings. The van der Waals surface area contributed by atoms with E-state index in [0.717, 1.165) is 12.5 Å². The van der Waals surface area contributed by atoms with Crippen LogP contribution in [0.2, 0.25) is 0 Å². The Morgan fingerprint density at radius 3 is 2.71 bits per heavy atom. The number of hydrogen-bond donors (Lipinski definition) is 2. The standard InChI is InChI=1S/C15H19FN2O3/c1-3-6-17-14(19)10-18(2)13-8-11(4-5-15(20)21)7-12(16)9-13/h4-5,7-9H,3,6,10H2,1-2H3,(H,17,19)(H,20,21)/b5-4+. The lowest BCUT2D eigenvalue weighted by molar-refractivity contribution is -0.131. The molecule has 114 valence electrons. The van der Waals surface area contributed by atoms with Gasteiger partial charge in [0.15, 0.2) is 0 Å². The Morgan fingerprint density at radius 2 is 2.10 bits per heavy atom. The van der Waals surface area contributed by atoms with Crippen LogP contribution >= 0.6 is 0 Å². The van der Waals surface area contributed by atoms with Gasteiger partial charge in [0.2, 0.25) is 5.91 Å². The molecule has 1 rings (SSSR count). The van der Waals surface area contributed by atoms with Crippen molar-refractivity contribution in [2.75, 3.05) is 25.0 Å². The van der Waals surface area contributed by atoms with E-state index >= 15 is 0 Å². The van der Waals surface area contributed by atoms with Crippen LogP contribution in [0.15, 0.2) is 24.3 Å². The van der Waals surface area contributed by atoms with Gasteiger partial charge in [-0.3, -0.25) is 4.79 Å². The van der Waals surface area contributed by atoms with Crippen molar-refractivity contribution in [1.82, 2.24) is 5.32 Å². The first kappa shape index (κ1) is 16.7. The van der Waals surface area contributed by atoms with Crippen LogP contribution in [0, 0.1) is 5.82 Å². The Kier molecular flexibility index (Phi) is 6.39. The van der Waals surface area contributed by atoms with Gasteiger partial charge in [-0.25, -0.2) is 9.18 Å². The number of aliphatic carboxylic acids is 1. The highest BCUT2D eigenvalue weighted by Gasteiger charge is 2.09. The summed E-state index contributed by atoms with van der Waals surface area (Å²) in [5.41, 5.74) is 0.930. The number of benzene rings is 1. The van der Waals surface area contributed by atoms with Crippen molar-refractivity contribution in [1.29, 1.82) is 0 Å². The second-order valence-electron chi connectivity index (χ2n) is 4.62. The second-order valence-corrected chi connectivity index (χ2v) is 4.62. The molecule has 0 aliphatic heterocycles. The van der Waals surface area contributed by atoms with Gasteiger partial charge < -0.3 is 15.3 Å². The summed E-state index contributed by atoms with van der Waals surface area (Å²) in [5.74, 6) is -1.74. The van der Waals surface area contributed by atoms with E-state index in [4.69, 9.17) is 5.11 Å². The minimum absolute atomic E-state index is 0.103. The largest absolute Gasteiger partial charge is 0.478 e. The number of nitrogens with one attached hydrogen (secondary N) is 1. The molecule has 0 fully saturated rings. The summed E-state index contributed by atoms with van der Waals surface area (Å²) in [6.07, 6.45) is 3.09. The maximum Gasteiger partial charge on any atom is 0.328 e. The first-order chi connectivity index (χ1) is 9.92. The molecule has 2 N–H and O–H groups in total. The molecule has 0 aromatic heterocycles. The molecule has 6 heteroatoms. The fourth-order valence-electron chi connectivity index (χ4n) is 1.71. The summed E-state index contributed by atoms with van der Waals surface area (Å²) < 4.78 is 13.5. The van der Waals surface area contributed by atoms with Crippen molar-refractivity contribution in [3.05, 3.63) is 35.7 Å².